The molecule has 1 aliphatic rings. The highest BCUT2D eigenvalue weighted by molar-refractivity contribution is 7.47. The van der Waals surface area contributed by atoms with Crippen LogP contribution in [-0.2, 0) is 34.4 Å². The number of aromatic amines is 1. The van der Waals surface area contributed by atoms with E-state index in [0.29, 0.717) is 25.8 Å². The van der Waals surface area contributed by atoms with Gasteiger partial charge in [-0.25, -0.2) is 18.9 Å². The number of H-pyrrole nitrogens is 1. The lowest BCUT2D eigenvalue weighted by Crippen LogP contribution is -2.35. The van der Waals surface area contributed by atoms with Gasteiger partial charge in [0.25, 0.3) is 5.56 Å². The molecule has 0 spiro atoms. The molecule has 2 heterocycles. The van der Waals surface area contributed by atoms with Crippen molar-refractivity contribution in [1.29, 1.82) is 0 Å². The van der Waals surface area contributed by atoms with Gasteiger partial charge >= 0.3 is 25.7 Å². The second kappa shape index (κ2) is 29.1. The number of nitrogens with zero attached hydrogens (tertiary/aromatic N) is 1. The van der Waals surface area contributed by atoms with Crippen LogP contribution >= 0.6 is 7.82 Å². The molecular formula is C47H37N4O11P. The van der Waals surface area contributed by atoms with Crippen LogP contribution in [0, 0.1) is 124 Å². The fourth-order valence-corrected chi connectivity index (χ4v) is 5.70. The van der Waals surface area contributed by atoms with Crippen LogP contribution in [0.1, 0.15) is 44.4 Å². The first kappa shape index (κ1) is 49.2. The summed E-state index contributed by atoms with van der Waals surface area (Å²) in [4.78, 5) is 61.5. The number of carbonyl (C=O) groups is 2. The number of urea groups is 1. The number of allylic oxidation sites excluding steroid dienone is 2. The summed E-state index contributed by atoms with van der Waals surface area (Å²) in [6.07, 6.45) is 2.34. The van der Waals surface area contributed by atoms with E-state index in [-0.39, 0.29) is 13.0 Å². The number of phosphoric ester groups is 1. The normalized spacial score (nSPS) is 15.8. The summed E-state index contributed by atoms with van der Waals surface area (Å²) >= 11 is 0. The van der Waals surface area contributed by atoms with E-state index in [1.807, 2.05) is 12.1 Å². The molecule has 5 atom stereocenters. The first-order chi connectivity index (χ1) is 30.6. The number of carbonyl (C=O) groups excluding carboxylic acids is 2. The van der Waals surface area contributed by atoms with E-state index in [1.54, 1.807) is 37.3 Å². The summed E-state index contributed by atoms with van der Waals surface area (Å²) in [5, 5.41) is 5.02. The van der Waals surface area contributed by atoms with Crippen LogP contribution in [0.2, 0.25) is 0 Å². The Bertz CT molecular complexity index is 2800. The second-order valence-corrected chi connectivity index (χ2v) is 13.5. The Morgan fingerprint density at radius 3 is 2.03 bits per heavy atom. The average molecular weight is 865 g/mol. The quantitative estimate of drug-likeness (QED) is 0.0514. The average Bonchev–Trinajstić information content (AvgIpc) is 3.60. The summed E-state index contributed by atoms with van der Waals surface area (Å²) in [7, 11) is -3.64. The van der Waals surface area contributed by atoms with E-state index in [0.717, 1.165) is 23.3 Å². The summed E-state index contributed by atoms with van der Waals surface area (Å²) in [6.45, 7) is 1.49. The Morgan fingerprint density at radius 2 is 1.44 bits per heavy atom. The van der Waals surface area contributed by atoms with Crippen molar-refractivity contribution in [3.8, 4) is 119 Å². The molecule has 0 saturated carbocycles. The molecule has 2 amide bonds. The molecule has 1 saturated heterocycles. The molecule has 0 radical (unpaired) electrons. The van der Waals surface area contributed by atoms with Gasteiger partial charge in [0.05, 0.1) is 0 Å². The SMILES string of the molecule is CC#CC#CC#CC#CC#CC#CC#CC#CC#CC#CNC(=O)NCCCC/C=C/C[C@H]1C(OP(=O)(O)OC)[C@@H](COC(=O)OCc2ccccc2)O[C@H]1n1ccc(=O)[nH]c1=O. The van der Waals surface area contributed by atoms with E-state index in [1.165, 1.54) is 6.20 Å². The zero-order chi connectivity index (χ0) is 45.4. The third-order valence-corrected chi connectivity index (χ3v) is 8.70. The summed E-state index contributed by atoms with van der Waals surface area (Å²) in [5.41, 5.74) is -0.721. The molecule has 4 N–H and O–H groups in total. The fraction of sp³-hybridized carbons (Fsp3) is 0.277. The van der Waals surface area contributed by atoms with Crippen LogP contribution in [0.5, 0.6) is 0 Å². The van der Waals surface area contributed by atoms with Crippen LogP contribution in [0.15, 0.2) is 64.3 Å². The van der Waals surface area contributed by atoms with Gasteiger partial charge in [-0.1, -0.05) is 48.4 Å². The number of nitrogens with one attached hydrogen (secondary N) is 3. The highest BCUT2D eigenvalue weighted by Gasteiger charge is 2.49. The summed E-state index contributed by atoms with van der Waals surface area (Å²) < 4.78 is 40.4. The number of benzene rings is 1. The van der Waals surface area contributed by atoms with Crippen molar-refractivity contribution < 1.29 is 42.3 Å². The van der Waals surface area contributed by atoms with Crippen LogP contribution < -0.4 is 21.9 Å². The van der Waals surface area contributed by atoms with Gasteiger partial charge in [0.2, 0.25) is 0 Å². The Labute approximate surface area is 365 Å². The van der Waals surface area contributed by atoms with Crippen molar-refractivity contribution >= 4 is 20.0 Å². The van der Waals surface area contributed by atoms with Crippen LogP contribution in [-0.4, -0.2) is 59.1 Å². The van der Waals surface area contributed by atoms with Crippen molar-refractivity contribution in [1.82, 2.24) is 20.2 Å². The van der Waals surface area contributed by atoms with Gasteiger partial charge in [-0.3, -0.25) is 28.7 Å². The molecule has 316 valence electrons. The maximum absolute atomic E-state index is 12.8. The standard InChI is InChI=1S/C47H37N4O11P/c1-3-4-5-6-7-8-9-10-11-12-13-14-15-16-17-18-19-22-28-34-48-45(53)49-35-29-23-20-21-27-32-40-43(62-63(56,57)58-2)41(61-44(40)51-36-33-42(52)50-46(51)54)38-60-47(55)59-37-39-30-25-24-26-31-39/h21,24-27,30-31,33,36,40-41,43-44H,20,23,29,32,35,37-38H2,1-2H3,(H,56,57)(H2,48,49,53)(H,50,52,54)/b27-21+/t40-,41+,43?,44+/m0/s1. The maximum Gasteiger partial charge on any atom is 0.508 e. The Morgan fingerprint density at radius 1 is 0.841 bits per heavy atom. The van der Waals surface area contributed by atoms with Crippen molar-refractivity contribution in [3.05, 3.63) is 81.1 Å². The molecule has 63 heavy (non-hydrogen) atoms. The van der Waals surface area contributed by atoms with Crippen molar-refractivity contribution in [3.63, 3.8) is 0 Å². The molecule has 3 rings (SSSR count). The third-order valence-electron chi connectivity index (χ3n) is 7.73. The van der Waals surface area contributed by atoms with E-state index < -0.39 is 62.2 Å². The maximum atomic E-state index is 12.8. The number of hydrogen-bond donors (Lipinski definition) is 4. The largest absolute Gasteiger partial charge is 0.508 e. The first-order valence-electron chi connectivity index (χ1n) is 18.6. The van der Waals surface area contributed by atoms with Crippen LogP contribution in [0.25, 0.3) is 0 Å². The van der Waals surface area contributed by atoms with E-state index >= 15 is 0 Å². The number of hydrogen-bond acceptors (Lipinski definition) is 10. The molecule has 16 heteroatoms. The van der Waals surface area contributed by atoms with Gasteiger partial charge in [0, 0.05) is 97.1 Å². The predicted molar refractivity (Wildman–Crippen MR) is 231 cm³/mol. The molecule has 2 unspecified atom stereocenters. The third kappa shape index (κ3) is 20.6. The van der Waals surface area contributed by atoms with Crippen molar-refractivity contribution in [2.24, 2.45) is 5.92 Å². The molecule has 2 aromatic rings. The van der Waals surface area contributed by atoms with Crippen molar-refractivity contribution in [2.75, 3.05) is 20.3 Å². The van der Waals surface area contributed by atoms with Gasteiger partial charge in [-0.2, -0.15) is 0 Å². The topological polar surface area (TPSA) is 197 Å². The zero-order valence-corrected chi connectivity index (χ0v) is 34.8. The monoisotopic (exact) mass is 864 g/mol. The Kier molecular flexibility index (Phi) is 22.8. The van der Waals surface area contributed by atoms with Crippen LogP contribution in [0.4, 0.5) is 9.59 Å². The molecule has 0 bridgehead atoms. The summed E-state index contributed by atoms with van der Waals surface area (Å²) in [6, 6.07) is 11.9. The Hall–Kier alpha value is -8.15. The minimum atomic E-state index is -4.63. The fourth-order valence-electron chi connectivity index (χ4n) is 5.02. The smallest absolute Gasteiger partial charge is 0.431 e. The number of aromatic nitrogens is 2. The first-order valence-corrected chi connectivity index (χ1v) is 20.1. The number of phosphoric acid groups is 1. The second-order valence-electron chi connectivity index (χ2n) is 12.0. The number of unbranched alkanes of at least 4 members (excludes halogenated alkanes) is 2. The molecule has 15 nitrogen and oxygen atoms in total. The zero-order valence-electron chi connectivity index (χ0n) is 33.9. The van der Waals surface area contributed by atoms with Gasteiger partial charge in [-0.15, -0.1) is 0 Å². The van der Waals surface area contributed by atoms with E-state index in [4.69, 9.17) is 18.7 Å². The Balaban J connectivity index is 1.47. The minimum Gasteiger partial charge on any atom is -0.431 e. The molecule has 1 aromatic heterocycles. The van der Waals surface area contributed by atoms with Gasteiger partial charge in [0.15, 0.2) is 0 Å². The number of amides is 2. The lowest BCUT2D eigenvalue weighted by atomic mass is 9.95. The highest BCUT2D eigenvalue weighted by atomic mass is 31.2. The van der Waals surface area contributed by atoms with Gasteiger partial charge < -0.3 is 24.4 Å². The predicted octanol–water partition coefficient (Wildman–Crippen LogP) is 2.96. The lowest BCUT2D eigenvalue weighted by Gasteiger charge is -2.25. The van der Waals surface area contributed by atoms with Crippen molar-refractivity contribution in [2.45, 2.75) is 57.6 Å². The minimum absolute atomic E-state index is 0.0634. The van der Waals surface area contributed by atoms with Gasteiger partial charge in [-0.05, 0) is 85.5 Å². The number of ether oxygens (including phenoxy) is 3. The van der Waals surface area contributed by atoms with Crippen LogP contribution in [0.3, 0.4) is 0 Å². The van der Waals surface area contributed by atoms with E-state index in [2.05, 4.69) is 139 Å². The highest BCUT2D eigenvalue weighted by Crippen LogP contribution is 2.50. The lowest BCUT2D eigenvalue weighted by molar-refractivity contribution is -0.0605. The van der Waals surface area contributed by atoms with Gasteiger partial charge in [0.1, 0.15) is 31.6 Å². The molecular weight excluding hydrogens is 828 g/mol. The molecule has 1 fully saturated rings. The molecule has 1 aromatic carbocycles. The van der Waals surface area contributed by atoms with E-state index in [9.17, 15) is 28.6 Å². The number of rotatable bonds is 15. The molecule has 1 aliphatic heterocycles. The summed E-state index contributed by atoms with van der Waals surface area (Å²) in [5.74, 6) is 46.7. The molecule has 0 aliphatic carbocycles.